The zero-order valence-corrected chi connectivity index (χ0v) is 10.4. The number of fused-ring (bicyclic) bond motifs is 1. The van der Waals surface area contributed by atoms with Gasteiger partial charge in [-0.15, -0.1) is 11.8 Å². The number of amides is 1. The van der Waals surface area contributed by atoms with E-state index in [1.54, 1.807) is 13.8 Å². The second-order valence-electron chi connectivity index (χ2n) is 4.15. The van der Waals surface area contributed by atoms with Crippen LogP contribution in [-0.4, -0.2) is 42.6 Å². The van der Waals surface area contributed by atoms with Gasteiger partial charge in [0.15, 0.2) is 0 Å². The molecular formula is C8H9BrFNO3S. The molecule has 84 valence electrons. The number of hydrogen-bond donors (Lipinski definition) is 1. The molecule has 1 amide bonds. The van der Waals surface area contributed by atoms with Crippen molar-refractivity contribution in [3.05, 3.63) is 0 Å². The zero-order chi connectivity index (χ0) is 11.6. The van der Waals surface area contributed by atoms with E-state index in [0.717, 1.165) is 4.90 Å². The van der Waals surface area contributed by atoms with Crippen molar-refractivity contribution in [2.45, 2.75) is 34.6 Å². The van der Waals surface area contributed by atoms with Gasteiger partial charge in [0.1, 0.15) is 11.4 Å². The van der Waals surface area contributed by atoms with E-state index in [1.165, 1.54) is 11.8 Å². The summed E-state index contributed by atoms with van der Waals surface area (Å²) < 4.78 is 10.9. The Morgan fingerprint density at radius 2 is 2.20 bits per heavy atom. The Morgan fingerprint density at radius 3 is 2.67 bits per heavy atom. The normalized spacial score (nSPS) is 42.4. The third-order valence-corrected chi connectivity index (χ3v) is 5.35. The quantitative estimate of drug-likeness (QED) is 0.584. The molecule has 2 aliphatic rings. The number of rotatable bonds is 1. The molecule has 3 atom stereocenters. The van der Waals surface area contributed by atoms with Crippen LogP contribution >= 0.6 is 27.7 Å². The summed E-state index contributed by atoms with van der Waals surface area (Å²) in [6, 6.07) is -0.957. The van der Waals surface area contributed by atoms with Crippen LogP contribution < -0.4 is 0 Å². The largest absolute Gasteiger partial charge is 0.480 e. The van der Waals surface area contributed by atoms with E-state index >= 15 is 0 Å². The molecule has 7 heteroatoms. The Morgan fingerprint density at radius 1 is 1.67 bits per heavy atom. The van der Waals surface area contributed by atoms with Gasteiger partial charge in [-0.2, -0.15) is 0 Å². The van der Waals surface area contributed by atoms with Crippen molar-refractivity contribution in [1.29, 1.82) is 0 Å². The molecular weight excluding hydrogens is 289 g/mol. The van der Waals surface area contributed by atoms with Crippen molar-refractivity contribution in [3.63, 3.8) is 0 Å². The van der Waals surface area contributed by atoms with Crippen LogP contribution in [0.1, 0.15) is 13.8 Å². The Hall–Kier alpha value is -0.300. The van der Waals surface area contributed by atoms with Crippen LogP contribution in [-0.2, 0) is 9.59 Å². The van der Waals surface area contributed by atoms with Crippen molar-refractivity contribution >= 4 is 39.6 Å². The van der Waals surface area contributed by atoms with Gasteiger partial charge >= 0.3 is 5.97 Å². The van der Waals surface area contributed by atoms with Crippen molar-refractivity contribution in [3.8, 4) is 0 Å². The smallest absolute Gasteiger partial charge is 0.327 e. The molecule has 0 bridgehead atoms. The third-order valence-electron chi connectivity index (χ3n) is 2.67. The lowest BCUT2D eigenvalue weighted by molar-refractivity contribution is -0.166. The molecule has 0 spiro atoms. The Bertz CT molecular complexity index is 360. The second kappa shape index (κ2) is 2.88. The highest BCUT2D eigenvalue weighted by atomic mass is 79.9. The van der Waals surface area contributed by atoms with Gasteiger partial charge in [-0.3, -0.25) is 4.79 Å². The average molecular weight is 298 g/mol. The number of nitrogens with zero attached hydrogens (tertiary/aromatic N) is 1. The molecule has 4 nitrogen and oxygen atoms in total. The molecule has 2 saturated heterocycles. The van der Waals surface area contributed by atoms with Gasteiger partial charge in [0.2, 0.25) is 0 Å². The monoisotopic (exact) mass is 297 g/mol. The average Bonchev–Trinajstić information content (AvgIpc) is 2.35. The minimum Gasteiger partial charge on any atom is -0.480 e. The number of aliphatic carboxylic acids is 1. The first-order valence-electron chi connectivity index (χ1n) is 4.31. The molecule has 0 aromatic heterocycles. The molecule has 2 heterocycles. The Balaban J connectivity index is 2.37. The van der Waals surface area contributed by atoms with E-state index in [9.17, 15) is 14.0 Å². The standard InChI is InChI=1S/C8H9BrFNO3S/c1-7(2)3(4(12)13)11-5(14)8(9,10)6(11)15-7/h3,6H,1-2H3,(H,12,13)/t3-,6+,8-/m0/s1. The fourth-order valence-corrected chi connectivity index (χ4v) is 4.18. The number of β-lactam (4-membered cyclic amide) rings is 1. The molecule has 2 rings (SSSR count). The van der Waals surface area contributed by atoms with Crippen LogP contribution in [0.25, 0.3) is 0 Å². The van der Waals surface area contributed by atoms with Crippen LogP contribution in [0.3, 0.4) is 0 Å². The number of halogens is 2. The minimum absolute atomic E-state index is 0.673. The summed E-state index contributed by atoms with van der Waals surface area (Å²) in [5.41, 5.74) is 0. The number of carboxylic acids is 1. The lowest BCUT2D eigenvalue weighted by Crippen LogP contribution is -2.68. The van der Waals surface area contributed by atoms with Crippen LogP contribution in [0.5, 0.6) is 0 Å². The number of hydrogen-bond acceptors (Lipinski definition) is 3. The highest BCUT2D eigenvalue weighted by Gasteiger charge is 2.71. The van der Waals surface area contributed by atoms with E-state index in [1.807, 2.05) is 0 Å². The lowest BCUT2D eigenvalue weighted by Gasteiger charge is -2.44. The van der Waals surface area contributed by atoms with E-state index in [0.29, 0.717) is 0 Å². The van der Waals surface area contributed by atoms with Gasteiger partial charge in [0.25, 0.3) is 10.5 Å². The maximum atomic E-state index is 13.6. The maximum absolute atomic E-state index is 13.6. The fraction of sp³-hybridized carbons (Fsp3) is 0.750. The Kier molecular flexibility index (Phi) is 2.15. The highest BCUT2D eigenvalue weighted by Crippen LogP contribution is 2.58. The fourth-order valence-electron chi connectivity index (χ4n) is 1.98. The topological polar surface area (TPSA) is 57.6 Å². The highest BCUT2D eigenvalue weighted by molar-refractivity contribution is 9.10. The molecule has 2 aliphatic heterocycles. The summed E-state index contributed by atoms with van der Waals surface area (Å²) in [7, 11) is 0. The van der Waals surface area contributed by atoms with E-state index in [-0.39, 0.29) is 0 Å². The molecule has 15 heavy (non-hydrogen) atoms. The summed E-state index contributed by atoms with van der Waals surface area (Å²) in [6.07, 6.45) is 0. The first-order chi connectivity index (χ1) is 6.69. The molecule has 1 N–H and O–H groups in total. The van der Waals surface area contributed by atoms with Gasteiger partial charge in [-0.1, -0.05) is 0 Å². The molecule has 0 radical (unpaired) electrons. The first kappa shape index (κ1) is 11.2. The minimum atomic E-state index is -2.10. The van der Waals surface area contributed by atoms with Crippen LogP contribution in [0, 0.1) is 0 Å². The number of thioether (sulfide) groups is 1. The number of carboxylic acid groups (broad SMARTS) is 1. The van der Waals surface area contributed by atoms with E-state index in [4.69, 9.17) is 5.11 Å². The third kappa shape index (κ3) is 1.25. The van der Waals surface area contributed by atoms with Gasteiger partial charge in [-0.25, -0.2) is 9.18 Å². The predicted octanol–water partition coefficient (Wildman–Crippen LogP) is 1.19. The molecule has 0 aromatic carbocycles. The lowest BCUT2D eigenvalue weighted by atomic mass is 9.98. The van der Waals surface area contributed by atoms with Crippen molar-refractivity contribution in [2.24, 2.45) is 0 Å². The van der Waals surface area contributed by atoms with Crippen molar-refractivity contribution in [2.75, 3.05) is 0 Å². The first-order valence-corrected chi connectivity index (χ1v) is 5.98. The van der Waals surface area contributed by atoms with Crippen molar-refractivity contribution < 1.29 is 19.1 Å². The van der Waals surface area contributed by atoms with Gasteiger partial charge in [0, 0.05) is 4.75 Å². The van der Waals surface area contributed by atoms with E-state index < -0.39 is 32.6 Å². The molecule has 0 unspecified atom stereocenters. The summed E-state index contributed by atoms with van der Waals surface area (Å²) in [5.74, 6) is -1.88. The van der Waals surface area contributed by atoms with Crippen LogP contribution in [0.2, 0.25) is 0 Å². The molecule has 0 aliphatic carbocycles. The number of carbonyl (C=O) groups excluding carboxylic acids is 1. The Labute approximate surface area is 98.3 Å². The van der Waals surface area contributed by atoms with Crippen LogP contribution in [0.15, 0.2) is 0 Å². The van der Waals surface area contributed by atoms with Gasteiger partial charge < -0.3 is 10.0 Å². The predicted molar refractivity (Wildman–Crippen MR) is 56.5 cm³/mol. The maximum Gasteiger partial charge on any atom is 0.327 e. The SMILES string of the molecule is CC1(C)S[C@H]2N(C(=O)[C@@]2(F)Br)[C@H]1C(=O)O. The molecule has 0 aromatic rings. The molecule has 0 saturated carbocycles. The number of alkyl halides is 2. The molecule has 2 fully saturated rings. The summed E-state index contributed by atoms with van der Waals surface area (Å²) in [6.45, 7) is 3.40. The van der Waals surface area contributed by atoms with E-state index in [2.05, 4.69) is 15.9 Å². The zero-order valence-electron chi connectivity index (χ0n) is 8.03. The summed E-state index contributed by atoms with van der Waals surface area (Å²) in [5, 5.41) is 8.28. The van der Waals surface area contributed by atoms with Crippen molar-refractivity contribution in [1.82, 2.24) is 4.90 Å². The summed E-state index contributed by atoms with van der Waals surface area (Å²) >= 11 is 3.86. The number of carbonyl (C=O) groups is 2. The van der Waals surface area contributed by atoms with Gasteiger partial charge in [-0.05, 0) is 29.8 Å². The van der Waals surface area contributed by atoms with Gasteiger partial charge in [0.05, 0.1) is 0 Å². The van der Waals surface area contributed by atoms with Crippen LogP contribution in [0.4, 0.5) is 4.39 Å². The summed E-state index contributed by atoms with van der Waals surface area (Å²) in [4.78, 5) is 23.5. The second-order valence-corrected chi connectivity index (χ2v) is 7.04.